The average molecular weight is 513 g/mol. The summed E-state index contributed by atoms with van der Waals surface area (Å²) in [5, 5.41) is 3.88. The maximum atomic E-state index is 13.5. The lowest BCUT2D eigenvalue weighted by Gasteiger charge is -2.31. The van der Waals surface area contributed by atoms with Crippen LogP contribution in [0, 0.1) is 6.92 Å². The highest BCUT2D eigenvalue weighted by Crippen LogP contribution is 2.24. The summed E-state index contributed by atoms with van der Waals surface area (Å²) in [5.41, 5.74) is 2.74. The maximum absolute atomic E-state index is 13.5. The molecule has 0 aliphatic rings. The van der Waals surface area contributed by atoms with Crippen LogP contribution in [0.25, 0.3) is 0 Å². The van der Waals surface area contributed by atoms with Crippen molar-refractivity contribution in [3.8, 4) is 5.75 Å². The highest BCUT2D eigenvalue weighted by molar-refractivity contribution is 6.35. The third kappa shape index (κ3) is 8.01. The Kier molecular flexibility index (Phi) is 10.0. The fraction of sp³-hybridized carbons (Fsp3) is 0.286. The molecular formula is C28H30Cl2N2O3. The van der Waals surface area contributed by atoms with Crippen molar-refractivity contribution in [3.05, 3.63) is 99.5 Å². The quantitative estimate of drug-likeness (QED) is 0.350. The zero-order valence-corrected chi connectivity index (χ0v) is 21.5. The SMILES string of the molecule is CCCNC(=O)[C@H](Cc1ccccc1)N(Cc1ccc(Cl)cc1Cl)C(=O)COc1ccc(C)cc1. The molecule has 184 valence electrons. The van der Waals surface area contributed by atoms with Gasteiger partial charge in [0.1, 0.15) is 11.8 Å². The van der Waals surface area contributed by atoms with Gasteiger partial charge in [-0.05, 0) is 48.7 Å². The predicted molar refractivity (Wildman–Crippen MR) is 141 cm³/mol. The standard InChI is InChI=1S/C28H30Cl2N2O3/c1-3-15-31-28(34)26(16-21-7-5-4-6-8-21)32(18-22-11-12-23(29)17-25(22)30)27(33)19-35-24-13-9-20(2)10-14-24/h4-14,17,26H,3,15-16,18-19H2,1-2H3,(H,31,34)/t26-/m0/s1. The van der Waals surface area contributed by atoms with Crippen LogP contribution < -0.4 is 10.1 Å². The molecule has 3 aromatic rings. The van der Waals surface area contributed by atoms with E-state index in [2.05, 4.69) is 5.32 Å². The first-order valence-electron chi connectivity index (χ1n) is 11.6. The van der Waals surface area contributed by atoms with Gasteiger partial charge in [-0.1, -0.05) is 84.2 Å². The number of hydrogen-bond donors (Lipinski definition) is 1. The first-order valence-corrected chi connectivity index (χ1v) is 12.4. The van der Waals surface area contributed by atoms with Gasteiger partial charge >= 0.3 is 0 Å². The van der Waals surface area contributed by atoms with Crippen LogP contribution >= 0.6 is 23.2 Å². The molecule has 35 heavy (non-hydrogen) atoms. The number of carbonyl (C=O) groups excluding carboxylic acids is 2. The molecule has 2 amide bonds. The highest BCUT2D eigenvalue weighted by Gasteiger charge is 2.31. The Balaban J connectivity index is 1.91. The van der Waals surface area contributed by atoms with Crippen LogP contribution in [-0.2, 0) is 22.6 Å². The van der Waals surface area contributed by atoms with Gasteiger partial charge in [-0.15, -0.1) is 0 Å². The number of nitrogens with zero attached hydrogens (tertiary/aromatic N) is 1. The minimum absolute atomic E-state index is 0.142. The van der Waals surface area contributed by atoms with Crippen LogP contribution in [0.15, 0.2) is 72.8 Å². The van der Waals surface area contributed by atoms with E-state index in [4.69, 9.17) is 27.9 Å². The summed E-state index contributed by atoms with van der Waals surface area (Å²) in [4.78, 5) is 28.4. The number of halogens is 2. The van der Waals surface area contributed by atoms with Crippen LogP contribution in [0.1, 0.15) is 30.0 Å². The molecule has 5 nitrogen and oxygen atoms in total. The lowest BCUT2D eigenvalue weighted by Crippen LogP contribution is -2.51. The Morgan fingerprint density at radius 2 is 1.71 bits per heavy atom. The smallest absolute Gasteiger partial charge is 0.261 e. The van der Waals surface area contributed by atoms with E-state index in [1.165, 1.54) is 0 Å². The van der Waals surface area contributed by atoms with E-state index < -0.39 is 6.04 Å². The van der Waals surface area contributed by atoms with Gasteiger partial charge in [-0.25, -0.2) is 0 Å². The van der Waals surface area contributed by atoms with Crippen molar-refractivity contribution in [2.45, 2.75) is 39.3 Å². The molecule has 0 spiro atoms. The molecule has 0 aliphatic carbocycles. The first-order chi connectivity index (χ1) is 16.9. The molecule has 0 saturated heterocycles. The van der Waals surface area contributed by atoms with E-state index in [1.54, 1.807) is 23.1 Å². The molecule has 0 heterocycles. The third-order valence-corrected chi connectivity index (χ3v) is 6.15. The average Bonchev–Trinajstić information content (AvgIpc) is 2.86. The summed E-state index contributed by atoms with van der Waals surface area (Å²) >= 11 is 12.5. The summed E-state index contributed by atoms with van der Waals surface area (Å²) in [6, 6.07) is 21.5. The van der Waals surface area contributed by atoms with E-state index in [9.17, 15) is 9.59 Å². The van der Waals surface area contributed by atoms with Crippen LogP contribution in [0.3, 0.4) is 0 Å². The number of nitrogens with one attached hydrogen (secondary N) is 1. The Labute approximate surface area is 217 Å². The second-order valence-corrected chi connectivity index (χ2v) is 9.20. The zero-order chi connectivity index (χ0) is 25.2. The van der Waals surface area contributed by atoms with Gasteiger partial charge in [0.05, 0.1) is 0 Å². The molecule has 1 N–H and O–H groups in total. The van der Waals surface area contributed by atoms with Crippen LogP contribution in [0.5, 0.6) is 5.75 Å². The fourth-order valence-electron chi connectivity index (χ4n) is 3.62. The highest BCUT2D eigenvalue weighted by atomic mass is 35.5. The van der Waals surface area contributed by atoms with E-state index in [-0.39, 0.29) is 25.0 Å². The van der Waals surface area contributed by atoms with Crippen LogP contribution in [0.4, 0.5) is 0 Å². The van der Waals surface area contributed by atoms with Crippen molar-refractivity contribution in [2.75, 3.05) is 13.2 Å². The van der Waals surface area contributed by atoms with Crippen molar-refractivity contribution in [3.63, 3.8) is 0 Å². The molecule has 0 aliphatic heterocycles. The Morgan fingerprint density at radius 3 is 2.37 bits per heavy atom. The molecule has 0 aromatic heterocycles. The van der Waals surface area contributed by atoms with Crippen molar-refractivity contribution >= 4 is 35.0 Å². The predicted octanol–water partition coefficient (Wildman–Crippen LogP) is 5.85. The van der Waals surface area contributed by atoms with E-state index in [0.717, 1.165) is 17.5 Å². The summed E-state index contributed by atoms with van der Waals surface area (Å²) in [6.45, 7) is 4.42. The largest absolute Gasteiger partial charge is 0.484 e. The fourth-order valence-corrected chi connectivity index (χ4v) is 4.08. The van der Waals surface area contributed by atoms with Gasteiger partial charge < -0.3 is 15.0 Å². The molecule has 3 aromatic carbocycles. The number of ether oxygens (including phenoxy) is 1. The maximum Gasteiger partial charge on any atom is 0.261 e. The van der Waals surface area contributed by atoms with Gasteiger partial charge in [-0.3, -0.25) is 9.59 Å². The Bertz CT molecular complexity index is 1120. The van der Waals surface area contributed by atoms with Crippen molar-refractivity contribution in [2.24, 2.45) is 0 Å². The van der Waals surface area contributed by atoms with Gasteiger partial charge in [0, 0.05) is 29.6 Å². The Morgan fingerprint density at radius 1 is 1.00 bits per heavy atom. The Hall–Kier alpha value is -3.02. The molecular weight excluding hydrogens is 483 g/mol. The minimum Gasteiger partial charge on any atom is -0.484 e. The monoisotopic (exact) mass is 512 g/mol. The second kappa shape index (κ2) is 13.2. The molecule has 0 unspecified atom stereocenters. The molecule has 0 bridgehead atoms. The number of carbonyl (C=O) groups is 2. The molecule has 7 heteroatoms. The summed E-state index contributed by atoms with van der Waals surface area (Å²) in [7, 11) is 0. The summed E-state index contributed by atoms with van der Waals surface area (Å²) in [5.74, 6) is 0.0529. The minimum atomic E-state index is -0.746. The van der Waals surface area contributed by atoms with E-state index >= 15 is 0 Å². The number of hydrogen-bond acceptors (Lipinski definition) is 3. The van der Waals surface area contributed by atoms with Crippen LogP contribution in [0.2, 0.25) is 10.0 Å². The molecule has 1 atom stereocenters. The second-order valence-electron chi connectivity index (χ2n) is 8.36. The third-order valence-electron chi connectivity index (χ3n) is 5.56. The van der Waals surface area contributed by atoms with Gasteiger partial charge in [-0.2, -0.15) is 0 Å². The van der Waals surface area contributed by atoms with E-state index in [1.807, 2.05) is 68.4 Å². The van der Waals surface area contributed by atoms with Crippen molar-refractivity contribution in [1.82, 2.24) is 10.2 Å². The molecule has 0 saturated carbocycles. The van der Waals surface area contributed by atoms with Gasteiger partial charge in [0.2, 0.25) is 5.91 Å². The number of aryl methyl sites for hydroxylation is 1. The number of rotatable bonds is 11. The number of amides is 2. The summed E-state index contributed by atoms with van der Waals surface area (Å²) in [6.07, 6.45) is 1.15. The lowest BCUT2D eigenvalue weighted by atomic mass is 10.0. The topological polar surface area (TPSA) is 58.6 Å². The van der Waals surface area contributed by atoms with Crippen molar-refractivity contribution < 1.29 is 14.3 Å². The molecule has 3 rings (SSSR count). The normalized spacial score (nSPS) is 11.5. The first kappa shape index (κ1) is 26.6. The molecule has 0 fully saturated rings. The van der Waals surface area contributed by atoms with Gasteiger partial charge in [0.25, 0.3) is 5.91 Å². The zero-order valence-electron chi connectivity index (χ0n) is 20.0. The lowest BCUT2D eigenvalue weighted by molar-refractivity contribution is -0.142. The van der Waals surface area contributed by atoms with Crippen molar-refractivity contribution in [1.29, 1.82) is 0 Å². The molecule has 0 radical (unpaired) electrons. The summed E-state index contributed by atoms with van der Waals surface area (Å²) < 4.78 is 5.78. The van der Waals surface area contributed by atoms with E-state index in [0.29, 0.717) is 34.3 Å². The van der Waals surface area contributed by atoms with Gasteiger partial charge in [0.15, 0.2) is 6.61 Å². The van der Waals surface area contributed by atoms with Crippen LogP contribution in [-0.4, -0.2) is 35.9 Å². The number of benzene rings is 3.